The quantitative estimate of drug-likeness (QED) is 0.780. The van der Waals surface area contributed by atoms with Gasteiger partial charge in [-0.1, -0.05) is 6.07 Å². The number of nitrogens with zero attached hydrogens (tertiary/aromatic N) is 4. The van der Waals surface area contributed by atoms with Gasteiger partial charge in [0.05, 0.1) is 13.7 Å². The van der Waals surface area contributed by atoms with Crippen molar-refractivity contribution < 1.29 is 14.3 Å². The van der Waals surface area contributed by atoms with E-state index in [0.717, 1.165) is 5.56 Å². The first-order valence-corrected chi connectivity index (χ1v) is 7.45. The van der Waals surface area contributed by atoms with E-state index in [1.54, 1.807) is 26.0 Å². The van der Waals surface area contributed by atoms with Crippen molar-refractivity contribution in [2.24, 2.45) is 0 Å². The molecule has 0 saturated carbocycles. The molecule has 1 aromatic carbocycles. The number of amides is 1. The van der Waals surface area contributed by atoms with Crippen molar-refractivity contribution in [2.75, 3.05) is 20.8 Å². The highest BCUT2D eigenvalue weighted by atomic mass is 16.5. The highest BCUT2D eigenvalue weighted by molar-refractivity contribution is 5.79. The average Bonchev–Trinajstić information content (AvgIpc) is 3.09. The van der Waals surface area contributed by atoms with Gasteiger partial charge in [-0.05, 0) is 31.5 Å². The third-order valence-corrected chi connectivity index (χ3v) is 3.51. The normalized spacial score (nSPS) is 11.8. The van der Waals surface area contributed by atoms with Crippen LogP contribution < -0.4 is 9.47 Å². The summed E-state index contributed by atoms with van der Waals surface area (Å²) < 4.78 is 12.4. The number of carbonyl (C=O) groups is 1. The fourth-order valence-electron chi connectivity index (χ4n) is 2.29. The lowest BCUT2D eigenvalue weighted by Gasteiger charge is -2.22. The van der Waals surface area contributed by atoms with E-state index in [0.29, 0.717) is 24.7 Å². The van der Waals surface area contributed by atoms with Crippen LogP contribution in [0.3, 0.4) is 0 Å². The first-order chi connectivity index (χ1) is 11.1. The van der Waals surface area contributed by atoms with Gasteiger partial charge in [-0.2, -0.15) is 5.10 Å². The minimum atomic E-state index is -0.396. The number of carbonyl (C=O) groups excluding carboxylic acids is 1. The summed E-state index contributed by atoms with van der Waals surface area (Å²) in [4.78, 5) is 18.0. The Morgan fingerprint density at radius 1 is 1.39 bits per heavy atom. The van der Waals surface area contributed by atoms with Crippen molar-refractivity contribution in [1.82, 2.24) is 19.7 Å². The molecule has 1 amide bonds. The van der Waals surface area contributed by atoms with Gasteiger partial charge < -0.3 is 14.4 Å². The van der Waals surface area contributed by atoms with Crippen LogP contribution in [0.2, 0.25) is 0 Å². The fraction of sp³-hybridized carbons (Fsp3) is 0.438. The Kier molecular flexibility index (Phi) is 5.56. The number of likely N-dealkylation sites (N-methyl/N-ethyl adjacent to an activating group) is 1. The molecular formula is C16H22N4O3. The maximum Gasteiger partial charge on any atom is 0.247 e. The second-order valence-electron chi connectivity index (χ2n) is 5.16. The number of aromatic nitrogens is 3. The number of hydrogen-bond donors (Lipinski definition) is 0. The summed E-state index contributed by atoms with van der Waals surface area (Å²) in [5, 5.41) is 4.01. The number of methoxy groups -OCH3 is 1. The van der Waals surface area contributed by atoms with Crippen LogP contribution >= 0.6 is 0 Å². The molecule has 0 aliphatic carbocycles. The van der Waals surface area contributed by atoms with Gasteiger partial charge in [-0.15, -0.1) is 0 Å². The van der Waals surface area contributed by atoms with Crippen molar-refractivity contribution in [2.45, 2.75) is 26.4 Å². The van der Waals surface area contributed by atoms with Gasteiger partial charge in [0.1, 0.15) is 18.7 Å². The third-order valence-electron chi connectivity index (χ3n) is 3.51. The van der Waals surface area contributed by atoms with Crippen LogP contribution in [-0.2, 0) is 11.3 Å². The Morgan fingerprint density at radius 3 is 2.78 bits per heavy atom. The van der Waals surface area contributed by atoms with E-state index >= 15 is 0 Å². The van der Waals surface area contributed by atoms with Crippen LogP contribution in [0.1, 0.15) is 25.5 Å². The molecule has 0 bridgehead atoms. The minimum absolute atomic E-state index is 0.0386. The molecule has 0 saturated heterocycles. The molecule has 23 heavy (non-hydrogen) atoms. The van der Waals surface area contributed by atoms with E-state index in [4.69, 9.17) is 9.47 Å². The molecule has 7 nitrogen and oxygen atoms in total. The molecule has 1 aromatic heterocycles. The molecule has 0 radical (unpaired) electrons. The van der Waals surface area contributed by atoms with Gasteiger partial charge in [0.25, 0.3) is 0 Å². The minimum Gasteiger partial charge on any atom is -0.493 e. The van der Waals surface area contributed by atoms with E-state index in [1.807, 2.05) is 25.1 Å². The molecular weight excluding hydrogens is 296 g/mol. The molecule has 0 spiro atoms. The largest absolute Gasteiger partial charge is 0.493 e. The van der Waals surface area contributed by atoms with Crippen LogP contribution in [0.25, 0.3) is 0 Å². The lowest BCUT2D eigenvalue weighted by molar-refractivity contribution is -0.133. The summed E-state index contributed by atoms with van der Waals surface area (Å²) in [5.41, 5.74) is 0.965. The number of rotatable bonds is 7. The number of benzene rings is 1. The van der Waals surface area contributed by atoms with Crippen LogP contribution in [-0.4, -0.2) is 46.3 Å². The van der Waals surface area contributed by atoms with Gasteiger partial charge in [0, 0.05) is 13.6 Å². The topological polar surface area (TPSA) is 69.5 Å². The van der Waals surface area contributed by atoms with Gasteiger partial charge in [-0.25, -0.2) is 9.67 Å². The van der Waals surface area contributed by atoms with Crippen LogP contribution in [0, 0.1) is 0 Å². The maximum atomic E-state index is 12.5. The van der Waals surface area contributed by atoms with E-state index in [1.165, 1.54) is 17.3 Å². The van der Waals surface area contributed by atoms with E-state index in [2.05, 4.69) is 10.1 Å². The van der Waals surface area contributed by atoms with Crippen LogP contribution in [0.4, 0.5) is 0 Å². The summed E-state index contributed by atoms with van der Waals surface area (Å²) >= 11 is 0. The van der Waals surface area contributed by atoms with Gasteiger partial charge in [0.15, 0.2) is 11.5 Å². The summed E-state index contributed by atoms with van der Waals surface area (Å²) in [5.74, 6) is 1.32. The smallest absolute Gasteiger partial charge is 0.247 e. The molecule has 0 aliphatic rings. The van der Waals surface area contributed by atoms with E-state index in [9.17, 15) is 4.79 Å². The summed E-state index contributed by atoms with van der Waals surface area (Å²) in [6, 6.07) is 5.27. The summed E-state index contributed by atoms with van der Waals surface area (Å²) in [6.45, 7) is 4.77. The second-order valence-corrected chi connectivity index (χ2v) is 5.16. The third kappa shape index (κ3) is 4.00. The SMILES string of the molecule is CCOc1ccc(CN(C)C(=O)[C@H](C)n2cncn2)cc1OC. The zero-order valence-corrected chi connectivity index (χ0v) is 13.9. The second kappa shape index (κ2) is 7.62. The summed E-state index contributed by atoms with van der Waals surface area (Å²) in [6.07, 6.45) is 2.96. The van der Waals surface area contributed by atoms with Crippen LogP contribution in [0.5, 0.6) is 11.5 Å². The number of ether oxygens (including phenoxy) is 2. The Morgan fingerprint density at radius 2 is 2.17 bits per heavy atom. The number of hydrogen-bond acceptors (Lipinski definition) is 5. The zero-order chi connectivity index (χ0) is 16.8. The van der Waals surface area contributed by atoms with Gasteiger partial charge in [0.2, 0.25) is 5.91 Å². The molecule has 0 aliphatic heterocycles. The van der Waals surface area contributed by atoms with E-state index in [-0.39, 0.29) is 5.91 Å². The molecule has 2 aromatic rings. The molecule has 1 atom stereocenters. The van der Waals surface area contributed by atoms with Gasteiger partial charge in [-0.3, -0.25) is 4.79 Å². The van der Waals surface area contributed by atoms with Crippen molar-refractivity contribution in [3.63, 3.8) is 0 Å². The van der Waals surface area contributed by atoms with Crippen LogP contribution in [0.15, 0.2) is 30.9 Å². The lowest BCUT2D eigenvalue weighted by atomic mass is 10.1. The van der Waals surface area contributed by atoms with Crippen molar-refractivity contribution in [1.29, 1.82) is 0 Å². The van der Waals surface area contributed by atoms with E-state index < -0.39 is 6.04 Å². The first kappa shape index (κ1) is 16.8. The predicted octanol–water partition coefficient (Wildman–Crippen LogP) is 1.91. The Bertz CT molecular complexity index is 643. The predicted molar refractivity (Wildman–Crippen MR) is 85.4 cm³/mol. The van der Waals surface area contributed by atoms with Crippen molar-refractivity contribution >= 4 is 5.91 Å². The monoisotopic (exact) mass is 318 g/mol. The molecule has 0 unspecified atom stereocenters. The molecule has 0 N–H and O–H groups in total. The Labute approximate surface area is 135 Å². The highest BCUT2D eigenvalue weighted by Gasteiger charge is 2.20. The Balaban J connectivity index is 2.07. The maximum absolute atomic E-state index is 12.5. The first-order valence-electron chi connectivity index (χ1n) is 7.45. The van der Waals surface area contributed by atoms with Crippen molar-refractivity contribution in [3.05, 3.63) is 36.4 Å². The zero-order valence-electron chi connectivity index (χ0n) is 13.9. The highest BCUT2D eigenvalue weighted by Crippen LogP contribution is 2.28. The van der Waals surface area contributed by atoms with Crippen molar-refractivity contribution in [3.8, 4) is 11.5 Å². The molecule has 7 heteroatoms. The molecule has 0 fully saturated rings. The Hall–Kier alpha value is -2.57. The lowest BCUT2D eigenvalue weighted by Crippen LogP contribution is -2.33. The molecule has 2 rings (SSSR count). The fourth-order valence-corrected chi connectivity index (χ4v) is 2.29. The van der Waals surface area contributed by atoms with Gasteiger partial charge >= 0.3 is 0 Å². The molecule has 124 valence electrons. The standard InChI is InChI=1S/C16H22N4O3/c1-5-23-14-7-6-13(8-15(14)22-4)9-19(3)16(21)12(2)20-11-17-10-18-20/h6-8,10-12H,5,9H2,1-4H3/t12-/m0/s1. The molecule has 1 heterocycles. The summed E-state index contributed by atoms with van der Waals surface area (Å²) in [7, 11) is 3.36. The average molecular weight is 318 g/mol.